The summed E-state index contributed by atoms with van der Waals surface area (Å²) < 4.78 is 4.87. The first-order chi connectivity index (χ1) is 20.1. The van der Waals surface area contributed by atoms with Gasteiger partial charge in [0.05, 0.1) is 22.1 Å². The van der Waals surface area contributed by atoms with E-state index in [0.29, 0.717) is 0 Å². The Kier molecular flexibility index (Phi) is 4.58. The van der Waals surface area contributed by atoms with E-state index in [1.165, 1.54) is 75.9 Å². The summed E-state index contributed by atoms with van der Waals surface area (Å²) in [6.07, 6.45) is 4.88. The second-order valence-electron chi connectivity index (χ2n) is 11.4. The second-order valence-corrected chi connectivity index (χ2v) is 15.0. The average Bonchev–Trinajstić information content (AvgIpc) is 3.61. The Balaban J connectivity index is 1.31. The molecule has 0 spiro atoms. The maximum Gasteiger partial charge on any atom is 0.0541 e. The lowest BCUT2D eigenvalue weighted by Crippen LogP contribution is -1.96. The van der Waals surface area contributed by atoms with Gasteiger partial charge < -0.3 is 9.13 Å². The Morgan fingerprint density at radius 2 is 0.707 bits per heavy atom. The van der Waals surface area contributed by atoms with Gasteiger partial charge in [-0.05, 0) is 84.3 Å². The van der Waals surface area contributed by atoms with E-state index in [-0.39, 0.29) is 0 Å². The van der Waals surface area contributed by atoms with E-state index in [4.69, 9.17) is 0 Å². The molecular weight excluding hydrogens is 516 g/mol. The van der Waals surface area contributed by atoms with Crippen molar-refractivity contribution in [2.75, 3.05) is 12.5 Å². The fraction of sp³-hybridized carbons (Fsp3) is 0.0526. The van der Waals surface area contributed by atoms with Crippen LogP contribution in [0.15, 0.2) is 143 Å². The van der Waals surface area contributed by atoms with E-state index < -0.39 is 10.0 Å². The quantitative estimate of drug-likeness (QED) is 0.205. The highest BCUT2D eigenvalue weighted by Crippen LogP contribution is 2.67. The third-order valence-corrected chi connectivity index (χ3v) is 11.9. The Morgan fingerprint density at radius 1 is 0.390 bits per heavy atom. The third-order valence-electron chi connectivity index (χ3n) is 8.99. The summed E-state index contributed by atoms with van der Waals surface area (Å²) in [4.78, 5) is 2.94. The van der Waals surface area contributed by atoms with Gasteiger partial charge in [-0.1, -0.05) is 72.8 Å². The molecule has 0 radical (unpaired) electrons. The molecule has 1 aliphatic rings. The third kappa shape index (κ3) is 3.04. The zero-order chi connectivity index (χ0) is 27.3. The molecule has 0 atom stereocenters. The molecule has 0 fully saturated rings. The van der Waals surface area contributed by atoms with Gasteiger partial charge in [0, 0.05) is 42.7 Å². The van der Waals surface area contributed by atoms with E-state index in [2.05, 4.69) is 155 Å². The van der Waals surface area contributed by atoms with E-state index >= 15 is 0 Å². The van der Waals surface area contributed by atoms with Gasteiger partial charge >= 0.3 is 0 Å². The highest BCUT2D eigenvalue weighted by Gasteiger charge is 2.32. The number of nitrogens with zero attached hydrogens (tertiary/aromatic N) is 2. The molecule has 196 valence electrons. The zero-order valence-corrected chi connectivity index (χ0v) is 23.8. The van der Waals surface area contributed by atoms with Crippen LogP contribution in [0.5, 0.6) is 0 Å². The molecule has 0 aliphatic carbocycles. The first kappa shape index (κ1) is 23.0. The largest absolute Gasteiger partial charge is 0.309 e. The minimum atomic E-state index is -1.12. The molecule has 9 rings (SSSR count). The molecule has 41 heavy (non-hydrogen) atoms. The number of para-hydroxylation sites is 4. The van der Waals surface area contributed by atoms with Gasteiger partial charge in [0.25, 0.3) is 0 Å². The van der Waals surface area contributed by atoms with Crippen molar-refractivity contribution in [1.29, 1.82) is 0 Å². The van der Waals surface area contributed by atoms with Gasteiger partial charge in [0.15, 0.2) is 0 Å². The number of hydrogen-bond acceptors (Lipinski definition) is 0. The summed E-state index contributed by atoms with van der Waals surface area (Å²) in [5.74, 6) is 0. The number of fused-ring (bicyclic) bond motifs is 9. The van der Waals surface area contributed by atoms with E-state index in [1.807, 2.05) is 0 Å². The molecule has 0 bridgehead atoms. The fourth-order valence-corrected chi connectivity index (χ4v) is 9.64. The number of benzene rings is 6. The number of hydrogen-bond donors (Lipinski definition) is 0. The fourth-order valence-electron chi connectivity index (χ4n) is 7.14. The first-order valence-electron chi connectivity index (χ1n) is 14.1. The molecule has 8 aromatic rings. The van der Waals surface area contributed by atoms with Crippen molar-refractivity contribution in [2.45, 2.75) is 9.79 Å². The van der Waals surface area contributed by atoms with Crippen LogP contribution < -0.4 is 0 Å². The Morgan fingerprint density at radius 3 is 1.05 bits per heavy atom. The first-order valence-corrected chi connectivity index (χ1v) is 16.6. The minimum Gasteiger partial charge on any atom is -0.309 e. The maximum atomic E-state index is 2.44. The summed E-state index contributed by atoms with van der Waals surface area (Å²) in [6, 6.07) is 49.4. The predicted octanol–water partition coefficient (Wildman–Crippen LogP) is 10.3. The van der Waals surface area contributed by atoms with Crippen LogP contribution in [-0.4, -0.2) is 21.6 Å². The van der Waals surface area contributed by atoms with Gasteiger partial charge in [-0.2, -0.15) is 10.0 Å². The topological polar surface area (TPSA) is 9.86 Å². The second kappa shape index (κ2) is 8.15. The van der Waals surface area contributed by atoms with E-state index in [1.54, 1.807) is 0 Å². The highest BCUT2D eigenvalue weighted by molar-refractivity contribution is 8.33. The molecule has 0 unspecified atom stereocenters. The Labute approximate surface area is 240 Å². The van der Waals surface area contributed by atoms with E-state index in [9.17, 15) is 0 Å². The van der Waals surface area contributed by atoms with Gasteiger partial charge in [-0.25, -0.2) is 0 Å². The Bertz CT molecular complexity index is 2080. The summed E-state index contributed by atoms with van der Waals surface area (Å²) in [5, 5.41) is 5.18. The maximum absolute atomic E-state index is 2.44. The molecule has 1 aliphatic heterocycles. The summed E-state index contributed by atoms with van der Waals surface area (Å²) in [6.45, 7) is 0. The van der Waals surface area contributed by atoms with Crippen LogP contribution in [0.4, 0.5) is 0 Å². The van der Waals surface area contributed by atoms with Crippen molar-refractivity contribution in [2.24, 2.45) is 0 Å². The normalized spacial score (nSPS) is 14.6. The molecule has 0 amide bonds. The van der Waals surface area contributed by atoms with Crippen LogP contribution in [0.2, 0.25) is 0 Å². The van der Waals surface area contributed by atoms with Crippen molar-refractivity contribution in [1.82, 2.24) is 9.13 Å². The molecular formula is C38H28N2S. The smallest absolute Gasteiger partial charge is 0.0541 e. The average molecular weight is 545 g/mol. The van der Waals surface area contributed by atoms with Gasteiger partial charge in [0.2, 0.25) is 0 Å². The minimum absolute atomic E-state index is 1.12. The molecule has 2 nitrogen and oxygen atoms in total. The van der Waals surface area contributed by atoms with E-state index in [0.717, 1.165) is 0 Å². The highest BCUT2D eigenvalue weighted by atomic mass is 32.3. The van der Waals surface area contributed by atoms with Crippen molar-refractivity contribution in [3.8, 4) is 22.5 Å². The van der Waals surface area contributed by atoms with Crippen LogP contribution in [0.25, 0.3) is 66.1 Å². The lowest BCUT2D eigenvalue weighted by molar-refractivity contribution is 1.16. The predicted molar refractivity (Wildman–Crippen MR) is 177 cm³/mol. The molecule has 0 N–H and O–H groups in total. The zero-order valence-electron chi connectivity index (χ0n) is 23.0. The molecule has 2 aromatic heterocycles. The Hall–Kier alpha value is -4.73. The van der Waals surface area contributed by atoms with Crippen LogP contribution in [0.3, 0.4) is 0 Å². The van der Waals surface area contributed by atoms with Crippen LogP contribution in [-0.2, 0) is 0 Å². The van der Waals surface area contributed by atoms with Crippen molar-refractivity contribution < 1.29 is 0 Å². The van der Waals surface area contributed by atoms with Gasteiger partial charge in [0.1, 0.15) is 0 Å². The number of aromatic nitrogens is 2. The summed E-state index contributed by atoms with van der Waals surface area (Å²) >= 11 is 0. The molecule has 6 aromatic carbocycles. The van der Waals surface area contributed by atoms with Crippen molar-refractivity contribution >= 4 is 53.6 Å². The van der Waals surface area contributed by atoms with Crippen LogP contribution in [0.1, 0.15) is 0 Å². The van der Waals surface area contributed by atoms with Crippen LogP contribution >= 0.6 is 10.0 Å². The molecule has 0 saturated heterocycles. The summed E-state index contributed by atoms with van der Waals surface area (Å²) in [7, 11) is -1.12. The van der Waals surface area contributed by atoms with Gasteiger partial charge in [-0.15, -0.1) is 0 Å². The standard InChI is InChI=1S/C38H28N2S/c1-41(2)37-21-19-25(39-33-15-7-3-11-27(33)28-12-4-8-16-34(28)39)23-31(37)32-24-26(20-22-38(32)41)40-35-17-9-5-13-29(35)30-14-6-10-18-36(30)40/h3-24H,1-2H3. The lowest BCUT2D eigenvalue weighted by Gasteiger charge is -2.28. The molecule has 0 saturated carbocycles. The summed E-state index contributed by atoms with van der Waals surface area (Å²) in [5.41, 5.74) is 10.1. The number of rotatable bonds is 2. The van der Waals surface area contributed by atoms with Crippen molar-refractivity contribution in [3.05, 3.63) is 133 Å². The molecule has 3 heterocycles. The SMILES string of the molecule is CS1(C)c2ccc(-n3c4ccccc4c4ccccc43)cc2-c2cc(-n3c4ccccc4c4ccccc43)ccc21. The lowest BCUT2D eigenvalue weighted by atomic mass is 10.0. The van der Waals surface area contributed by atoms with Crippen molar-refractivity contribution in [3.63, 3.8) is 0 Å². The molecule has 3 heteroatoms. The van der Waals surface area contributed by atoms with Crippen LogP contribution in [0, 0.1) is 0 Å². The van der Waals surface area contributed by atoms with Gasteiger partial charge in [-0.3, -0.25) is 0 Å². The monoisotopic (exact) mass is 544 g/mol.